The van der Waals surface area contributed by atoms with Gasteiger partial charge < -0.3 is 9.47 Å². The topological polar surface area (TPSA) is 73.8 Å². The molecular formula is C18H23N7O. The summed E-state index contributed by atoms with van der Waals surface area (Å²) in [6.45, 7) is 5.68. The number of hydrogen-bond acceptors (Lipinski definition) is 4. The number of rotatable bonds is 3. The van der Waals surface area contributed by atoms with E-state index in [9.17, 15) is 4.79 Å². The smallest absolute Gasteiger partial charge is 0.245 e. The highest BCUT2D eigenvalue weighted by atomic mass is 16.2. The Labute approximate surface area is 152 Å². The zero-order valence-corrected chi connectivity index (χ0v) is 15.3. The van der Waals surface area contributed by atoms with Crippen molar-refractivity contribution in [2.24, 2.45) is 7.05 Å². The molecular weight excluding hydrogens is 330 g/mol. The summed E-state index contributed by atoms with van der Waals surface area (Å²) in [5, 5.41) is 8.74. The molecule has 0 aromatic carbocycles. The molecule has 26 heavy (non-hydrogen) atoms. The second-order valence-corrected chi connectivity index (χ2v) is 6.85. The molecule has 0 radical (unpaired) electrons. The highest BCUT2D eigenvalue weighted by Crippen LogP contribution is 2.30. The molecule has 1 amide bonds. The van der Waals surface area contributed by atoms with Gasteiger partial charge in [-0.3, -0.25) is 14.2 Å². The summed E-state index contributed by atoms with van der Waals surface area (Å²) in [5.41, 5.74) is 2.89. The third kappa shape index (κ3) is 2.91. The molecule has 4 heterocycles. The second kappa shape index (κ2) is 6.44. The Morgan fingerprint density at radius 1 is 1.31 bits per heavy atom. The molecule has 1 unspecified atom stereocenters. The molecule has 1 atom stereocenters. The van der Waals surface area contributed by atoms with Gasteiger partial charge >= 0.3 is 0 Å². The van der Waals surface area contributed by atoms with Gasteiger partial charge in [-0.05, 0) is 26.3 Å². The average molecular weight is 353 g/mol. The van der Waals surface area contributed by atoms with Gasteiger partial charge in [0.2, 0.25) is 5.91 Å². The first kappa shape index (κ1) is 16.6. The van der Waals surface area contributed by atoms with Gasteiger partial charge in [-0.2, -0.15) is 10.2 Å². The Morgan fingerprint density at radius 2 is 2.15 bits per heavy atom. The number of amides is 1. The average Bonchev–Trinajstić information content (AvgIpc) is 3.27. The maximum absolute atomic E-state index is 13.2. The Kier molecular flexibility index (Phi) is 4.10. The Hall–Kier alpha value is -2.90. The van der Waals surface area contributed by atoms with Crippen molar-refractivity contribution < 1.29 is 4.79 Å². The number of carbonyl (C=O) groups excluding carboxylic acids is 1. The lowest BCUT2D eigenvalue weighted by molar-refractivity contribution is -0.133. The predicted octanol–water partition coefficient (Wildman–Crippen LogP) is 1.45. The lowest BCUT2D eigenvalue weighted by atomic mass is 10.1. The van der Waals surface area contributed by atoms with Crippen molar-refractivity contribution in [3.05, 3.63) is 53.6 Å². The fraction of sp³-hybridized carbons (Fsp3) is 0.444. The first-order valence-corrected chi connectivity index (χ1v) is 8.83. The number of fused-ring (bicyclic) bond motifs is 1. The zero-order chi connectivity index (χ0) is 18.3. The Morgan fingerprint density at radius 3 is 2.85 bits per heavy atom. The molecule has 3 aromatic rings. The van der Waals surface area contributed by atoms with Gasteiger partial charge in [0.1, 0.15) is 18.4 Å². The summed E-state index contributed by atoms with van der Waals surface area (Å²) in [7, 11) is 1.88. The minimum Gasteiger partial charge on any atom is -0.333 e. The van der Waals surface area contributed by atoms with Gasteiger partial charge in [-0.1, -0.05) is 0 Å². The van der Waals surface area contributed by atoms with Crippen LogP contribution in [0.1, 0.15) is 35.2 Å². The summed E-state index contributed by atoms with van der Waals surface area (Å²) in [5.74, 6) is 0.929. The standard InChI is InChI=1S/C18H23N7O/c1-13-9-14(2)25(21-13)12-16(26)24-7-4-6-23-8-5-19-18(23)17(24)15-10-20-22(3)11-15/h5,8-11,17H,4,6-7,12H2,1-3H3. The molecule has 0 spiro atoms. The van der Waals surface area contributed by atoms with Crippen molar-refractivity contribution in [3.8, 4) is 0 Å². The van der Waals surface area contributed by atoms with Crippen molar-refractivity contribution in [1.82, 2.24) is 34.0 Å². The van der Waals surface area contributed by atoms with Crippen molar-refractivity contribution in [1.29, 1.82) is 0 Å². The molecule has 0 saturated carbocycles. The van der Waals surface area contributed by atoms with Crippen LogP contribution in [-0.4, -0.2) is 46.5 Å². The quantitative estimate of drug-likeness (QED) is 0.714. The van der Waals surface area contributed by atoms with E-state index in [0.29, 0.717) is 6.54 Å². The molecule has 0 fully saturated rings. The highest BCUT2D eigenvalue weighted by Gasteiger charge is 2.33. The number of hydrogen-bond donors (Lipinski definition) is 0. The van der Waals surface area contributed by atoms with Crippen LogP contribution in [-0.2, 0) is 24.9 Å². The van der Waals surface area contributed by atoms with Crippen LogP contribution in [0.25, 0.3) is 0 Å². The molecule has 136 valence electrons. The van der Waals surface area contributed by atoms with E-state index in [1.54, 1.807) is 15.6 Å². The first-order valence-electron chi connectivity index (χ1n) is 8.83. The lowest BCUT2D eigenvalue weighted by Gasteiger charge is -2.29. The summed E-state index contributed by atoms with van der Waals surface area (Å²) in [4.78, 5) is 19.7. The van der Waals surface area contributed by atoms with Crippen LogP contribution in [0.4, 0.5) is 0 Å². The van der Waals surface area contributed by atoms with Crippen molar-refractivity contribution >= 4 is 5.91 Å². The molecule has 0 saturated heterocycles. The summed E-state index contributed by atoms with van der Waals surface area (Å²) < 4.78 is 5.67. The first-order chi connectivity index (χ1) is 12.5. The molecule has 8 nitrogen and oxygen atoms in total. The SMILES string of the molecule is Cc1cc(C)n(CC(=O)N2CCCn3ccnc3C2c2cnn(C)c2)n1. The molecule has 0 aliphatic carbocycles. The van der Waals surface area contributed by atoms with E-state index < -0.39 is 0 Å². The second-order valence-electron chi connectivity index (χ2n) is 6.85. The zero-order valence-electron chi connectivity index (χ0n) is 15.3. The Balaban J connectivity index is 1.70. The minimum atomic E-state index is -0.231. The monoisotopic (exact) mass is 353 g/mol. The third-order valence-corrected chi connectivity index (χ3v) is 4.85. The van der Waals surface area contributed by atoms with Crippen molar-refractivity contribution in [2.75, 3.05) is 6.54 Å². The molecule has 1 aliphatic rings. The number of imidazole rings is 1. The van der Waals surface area contributed by atoms with E-state index in [4.69, 9.17) is 0 Å². The molecule has 4 rings (SSSR count). The lowest BCUT2D eigenvalue weighted by Crippen LogP contribution is -2.38. The van der Waals surface area contributed by atoms with Crippen LogP contribution in [0.2, 0.25) is 0 Å². The van der Waals surface area contributed by atoms with E-state index in [2.05, 4.69) is 19.7 Å². The fourth-order valence-corrected chi connectivity index (χ4v) is 3.67. The van der Waals surface area contributed by atoms with Gasteiger partial charge in [0.15, 0.2) is 0 Å². The normalized spacial score (nSPS) is 17.2. The number of aromatic nitrogens is 6. The number of carbonyl (C=O) groups is 1. The maximum Gasteiger partial charge on any atom is 0.245 e. The minimum absolute atomic E-state index is 0.0431. The Bertz CT molecular complexity index is 935. The molecule has 0 N–H and O–H groups in total. The van der Waals surface area contributed by atoms with Crippen molar-refractivity contribution in [3.63, 3.8) is 0 Å². The molecule has 8 heteroatoms. The predicted molar refractivity (Wildman–Crippen MR) is 95.3 cm³/mol. The summed E-state index contributed by atoms with van der Waals surface area (Å²) >= 11 is 0. The van der Waals surface area contributed by atoms with Crippen LogP contribution >= 0.6 is 0 Å². The van der Waals surface area contributed by atoms with Crippen LogP contribution in [0.5, 0.6) is 0 Å². The van der Waals surface area contributed by atoms with Gasteiger partial charge in [0, 0.05) is 50.0 Å². The largest absolute Gasteiger partial charge is 0.333 e. The van der Waals surface area contributed by atoms with E-state index in [1.807, 2.05) is 50.5 Å². The maximum atomic E-state index is 13.2. The number of aryl methyl sites for hydroxylation is 4. The summed E-state index contributed by atoms with van der Waals surface area (Å²) in [6.07, 6.45) is 8.45. The van der Waals surface area contributed by atoms with Gasteiger partial charge in [0.05, 0.1) is 11.9 Å². The van der Waals surface area contributed by atoms with Crippen LogP contribution in [0.15, 0.2) is 30.9 Å². The molecule has 0 bridgehead atoms. The van der Waals surface area contributed by atoms with Crippen molar-refractivity contribution in [2.45, 2.75) is 39.4 Å². The van der Waals surface area contributed by atoms with Crippen LogP contribution in [0.3, 0.4) is 0 Å². The van der Waals surface area contributed by atoms with Crippen LogP contribution in [0, 0.1) is 13.8 Å². The number of nitrogens with zero attached hydrogens (tertiary/aromatic N) is 7. The van der Waals surface area contributed by atoms with Gasteiger partial charge in [-0.25, -0.2) is 4.98 Å². The fourth-order valence-electron chi connectivity index (χ4n) is 3.67. The van der Waals surface area contributed by atoms with E-state index in [0.717, 1.165) is 35.7 Å². The van der Waals surface area contributed by atoms with Gasteiger partial charge in [0.25, 0.3) is 0 Å². The highest BCUT2D eigenvalue weighted by molar-refractivity contribution is 5.77. The van der Waals surface area contributed by atoms with E-state index >= 15 is 0 Å². The van der Waals surface area contributed by atoms with Crippen LogP contribution < -0.4 is 0 Å². The third-order valence-electron chi connectivity index (χ3n) is 4.85. The molecule has 1 aliphatic heterocycles. The van der Waals surface area contributed by atoms with E-state index in [1.165, 1.54) is 0 Å². The van der Waals surface area contributed by atoms with E-state index in [-0.39, 0.29) is 18.5 Å². The summed E-state index contributed by atoms with van der Waals surface area (Å²) in [6, 6.07) is 1.76. The molecule has 3 aromatic heterocycles. The van der Waals surface area contributed by atoms with Gasteiger partial charge in [-0.15, -0.1) is 0 Å².